The monoisotopic (exact) mass is 802 g/mol. The minimum Gasteiger partial charge on any atom is -0.504 e. The fraction of sp³-hybridized carbons (Fsp3) is 0.192. The highest BCUT2D eigenvalue weighted by molar-refractivity contribution is 6.32. The molecule has 2 aromatic heterocycles. The lowest BCUT2D eigenvalue weighted by molar-refractivity contribution is -0.189. The number of aromatic hydroxyl groups is 1. The number of rotatable bonds is 11. The van der Waals surface area contributed by atoms with E-state index in [0.29, 0.717) is 15.9 Å². The molecule has 0 atom stereocenters. The van der Waals surface area contributed by atoms with Crippen LogP contribution in [-0.4, -0.2) is 109 Å². The van der Waals surface area contributed by atoms with Crippen molar-refractivity contribution >= 4 is 88.0 Å². The first-order chi connectivity index (χ1) is 25.1. The van der Waals surface area contributed by atoms with Gasteiger partial charge in [0.1, 0.15) is 0 Å². The number of carbonyl (C=O) groups excluding carboxylic acids is 5. The van der Waals surface area contributed by atoms with E-state index in [9.17, 15) is 42.3 Å². The number of phenolic OH excluding ortho intramolecular Hbond substituents is 1. The summed E-state index contributed by atoms with van der Waals surface area (Å²) < 4.78 is 43.7. The molecule has 0 spiro atoms. The predicted molar refractivity (Wildman–Crippen MR) is 182 cm³/mol. The summed E-state index contributed by atoms with van der Waals surface area (Å²) in [7, 11) is 0. The Bertz CT molecular complexity index is 2070. The number of esters is 1. The van der Waals surface area contributed by atoms with Crippen molar-refractivity contribution < 1.29 is 47.0 Å². The molecule has 0 unspecified atom stereocenters. The summed E-state index contributed by atoms with van der Waals surface area (Å²) >= 11 is 11.6. The van der Waals surface area contributed by atoms with E-state index in [1.54, 1.807) is 0 Å². The number of nitrogens with zero attached hydrogens (tertiary/aromatic N) is 6. The highest BCUT2D eigenvalue weighted by atomic mass is 35.5. The van der Waals surface area contributed by atoms with Crippen LogP contribution < -0.4 is 49.8 Å². The Morgan fingerprint density at radius 3 is 1.52 bits per heavy atom. The Hall–Kier alpha value is -6.96. The average molecular weight is 804 g/mol. The standard InChI is InChI=1S/C26H27Cl2F3N16O7/c27-13-17(34)44-15(32)9(42-13)21(51)46(24(36)37)5-3-40-19(49)7-1-2-8(12(11(7)48)54-23(53)26(29,30)31)20(50)41-4-6-47(25(38)39)22(52)10-16(33)45-18(35)14(28)43-10/h1-2,48H,3-6H2,(H3,36,37)(H3,38,39)(H,40,49)(H,41,50)(H4,32,34,44)(H4,33,35,45). The number of carbonyl (C=O) groups is 5. The number of guanidine groups is 2. The Balaban J connectivity index is 1.82. The number of hydrogen-bond donors (Lipinski definition) is 11. The van der Waals surface area contributed by atoms with Gasteiger partial charge in [-0.25, -0.2) is 24.7 Å². The topological polar surface area (TPSA) is 401 Å². The lowest BCUT2D eigenvalue weighted by atomic mass is 10.1. The van der Waals surface area contributed by atoms with Gasteiger partial charge in [0.25, 0.3) is 23.6 Å². The number of anilines is 4. The highest BCUT2D eigenvalue weighted by Crippen LogP contribution is 2.36. The van der Waals surface area contributed by atoms with Crippen molar-refractivity contribution in [2.75, 3.05) is 49.1 Å². The summed E-state index contributed by atoms with van der Waals surface area (Å²) in [5.41, 5.74) is 30.4. The Morgan fingerprint density at radius 2 is 1.13 bits per heavy atom. The van der Waals surface area contributed by atoms with E-state index in [-0.39, 0.29) is 11.6 Å². The number of amides is 4. The Kier molecular flexibility index (Phi) is 12.7. The molecular weight excluding hydrogens is 776 g/mol. The number of hydrogen-bond acceptors (Lipinski definition) is 17. The number of nitrogens with one attached hydrogen (secondary N) is 4. The quantitative estimate of drug-likeness (QED) is 0.0460. The second-order valence-electron chi connectivity index (χ2n) is 10.2. The molecule has 17 N–H and O–H groups in total. The van der Waals surface area contributed by atoms with E-state index >= 15 is 0 Å². The van der Waals surface area contributed by atoms with Gasteiger partial charge in [-0.1, -0.05) is 23.2 Å². The molecule has 0 aliphatic heterocycles. The van der Waals surface area contributed by atoms with Crippen LogP contribution in [-0.2, 0) is 4.79 Å². The summed E-state index contributed by atoms with van der Waals surface area (Å²) in [4.78, 5) is 79.4. The summed E-state index contributed by atoms with van der Waals surface area (Å²) in [5.74, 6) is -13.8. The number of aromatic nitrogens is 4. The molecule has 0 saturated heterocycles. The lowest BCUT2D eigenvalue weighted by Gasteiger charge is -2.21. The number of alkyl halides is 3. The second kappa shape index (κ2) is 16.6. The average Bonchev–Trinajstić information content (AvgIpc) is 3.07. The smallest absolute Gasteiger partial charge is 0.491 e. The van der Waals surface area contributed by atoms with Crippen molar-refractivity contribution in [2.24, 2.45) is 11.5 Å². The first-order valence-corrected chi connectivity index (χ1v) is 15.0. The first kappa shape index (κ1) is 41.5. The van der Waals surface area contributed by atoms with Crippen molar-refractivity contribution in [3.8, 4) is 11.5 Å². The predicted octanol–water partition coefficient (Wildman–Crippen LogP) is -1.39. The molecule has 3 aromatic rings. The molecule has 0 aliphatic rings. The van der Waals surface area contributed by atoms with Gasteiger partial charge >= 0.3 is 12.1 Å². The molecule has 54 heavy (non-hydrogen) atoms. The van der Waals surface area contributed by atoms with Gasteiger partial charge in [-0.3, -0.25) is 39.8 Å². The van der Waals surface area contributed by atoms with Crippen molar-refractivity contribution in [1.29, 1.82) is 10.8 Å². The minimum absolute atomic E-state index is 0.301. The van der Waals surface area contributed by atoms with Gasteiger partial charge in [0.2, 0.25) is 0 Å². The van der Waals surface area contributed by atoms with E-state index in [4.69, 9.17) is 68.4 Å². The van der Waals surface area contributed by atoms with Crippen molar-refractivity contribution in [1.82, 2.24) is 40.4 Å². The zero-order chi connectivity index (χ0) is 40.8. The van der Waals surface area contributed by atoms with Crippen LogP contribution >= 0.6 is 23.2 Å². The maximum Gasteiger partial charge on any atom is 0.491 e. The molecule has 0 saturated carbocycles. The second-order valence-corrected chi connectivity index (χ2v) is 10.9. The summed E-state index contributed by atoms with van der Waals surface area (Å²) in [6.07, 6.45) is -5.64. The molecule has 288 valence electrons. The fourth-order valence-electron chi connectivity index (χ4n) is 4.06. The molecule has 4 amide bonds. The van der Waals surface area contributed by atoms with Gasteiger partial charge in [0.15, 0.2) is 68.4 Å². The number of halogens is 5. The SMILES string of the molecule is N=C(N)N(CCNC(=O)c1ccc(C(=O)NCCN(C(=N)N)C(=O)c2nc(Cl)c(N)nc2N)c(OC(=O)C(F)(F)F)c1O)C(=O)c1nc(Cl)c(N)nc1N. The van der Waals surface area contributed by atoms with Crippen LogP contribution in [0.5, 0.6) is 11.5 Å². The van der Waals surface area contributed by atoms with Crippen LogP contribution in [0, 0.1) is 10.8 Å². The van der Waals surface area contributed by atoms with Crippen LogP contribution in [0.1, 0.15) is 41.7 Å². The number of nitrogens with two attached hydrogens (primary N) is 6. The minimum atomic E-state index is -5.64. The van der Waals surface area contributed by atoms with Gasteiger partial charge in [-0.2, -0.15) is 13.2 Å². The normalized spacial score (nSPS) is 10.9. The van der Waals surface area contributed by atoms with E-state index in [1.807, 2.05) is 0 Å². The largest absolute Gasteiger partial charge is 0.504 e. The Morgan fingerprint density at radius 1 is 0.741 bits per heavy atom. The van der Waals surface area contributed by atoms with E-state index < -0.39 is 130 Å². The van der Waals surface area contributed by atoms with Gasteiger partial charge in [0, 0.05) is 26.2 Å². The van der Waals surface area contributed by atoms with E-state index in [0.717, 1.165) is 6.07 Å². The van der Waals surface area contributed by atoms with Crippen molar-refractivity contribution in [2.45, 2.75) is 6.18 Å². The molecule has 2 heterocycles. The third-order valence-corrected chi connectivity index (χ3v) is 7.13. The molecule has 0 fully saturated rings. The molecule has 28 heteroatoms. The molecule has 3 rings (SSSR count). The Labute approximate surface area is 309 Å². The number of nitrogen functional groups attached to an aromatic ring is 4. The molecule has 0 aliphatic carbocycles. The highest BCUT2D eigenvalue weighted by Gasteiger charge is 2.43. The molecule has 1 aromatic carbocycles. The fourth-order valence-corrected chi connectivity index (χ4v) is 4.31. The van der Waals surface area contributed by atoms with Gasteiger partial charge in [-0.05, 0) is 12.1 Å². The van der Waals surface area contributed by atoms with Crippen LogP contribution in [0.15, 0.2) is 12.1 Å². The molecular formula is C26H27Cl2F3N16O7. The lowest BCUT2D eigenvalue weighted by Crippen LogP contribution is -2.46. The van der Waals surface area contributed by atoms with Crippen molar-refractivity contribution in [3.05, 3.63) is 45.0 Å². The first-order valence-electron chi connectivity index (χ1n) is 14.3. The number of phenols is 1. The number of benzene rings is 1. The van der Waals surface area contributed by atoms with Crippen LogP contribution in [0.4, 0.5) is 36.4 Å². The van der Waals surface area contributed by atoms with Crippen LogP contribution in [0.25, 0.3) is 0 Å². The molecule has 0 bridgehead atoms. The summed E-state index contributed by atoms with van der Waals surface area (Å²) in [6.45, 7) is -2.26. The summed E-state index contributed by atoms with van der Waals surface area (Å²) in [6, 6.07) is 1.48. The van der Waals surface area contributed by atoms with Crippen molar-refractivity contribution in [3.63, 3.8) is 0 Å². The van der Waals surface area contributed by atoms with Gasteiger partial charge in [-0.15, -0.1) is 0 Å². The van der Waals surface area contributed by atoms with E-state index in [1.165, 1.54) is 0 Å². The van der Waals surface area contributed by atoms with Gasteiger partial charge < -0.3 is 54.9 Å². The zero-order valence-corrected chi connectivity index (χ0v) is 28.4. The van der Waals surface area contributed by atoms with Crippen LogP contribution in [0.3, 0.4) is 0 Å². The maximum atomic E-state index is 13.2. The van der Waals surface area contributed by atoms with Crippen LogP contribution in [0.2, 0.25) is 10.3 Å². The zero-order valence-electron chi connectivity index (χ0n) is 26.9. The number of ether oxygens (including phenoxy) is 1. The molecule has 23 nitrogen and oxygen atoms in total. The van der Waals surface area contributed by atoms with Gasteiger partial charge in [0.05, 0.1) is 11.1 Å². The summed E-state index contributed by atoms with van der Waals surface area (Å²) in [5, 5.41) is 29.8. The maximum absolute atomic E-state index is 13.2. The third-order valence-electron chi connectivity index (χ3n) is 6.58. The third kappa shape index (κ3) is 9.47. The molecule has 0 radical (unpaired) electrons. The van der Waals surface area contributed by atoms with E-state index in [2.05, 4.69) is 35.3 Å².